The van der Waals surface area contributed by atoms with Gasteiger partial charge in [-0.15, -0.1) is 12.4 Å². The lowest BCUT2D eigenvalue weighted by Crippen LogP contribution is -2.46. The number of halogens is 1. The van der Waals surface area contributed by atoms with Gasteiger partial charge in [0.2, 0.25) is 0 Å². The first-order chi connectivity index (χ1) is 11.8. The highest BCUT2D eigenvalue weighted by Crippen LogP contribution is 2.33. The van der Waals surface area contributed by atoms with Gasteiger partial charge in [0.15, 0.2) is 0 Å². The van der Waals surface area contributed by atoms with Gasteiger partial charge < -0.3 is 15.1 Å². The molecule has 25 heavy (non-hydrogen) atoms. The van der Waals surface area contributed by atoms with Gasteiger partial charge in [0.1, 0.15) is 0 Å². The number of fused-ring (bicyclic) bond motifs is 1. The molecule has 1 saturated heterocycles. The predicted octanol–water partition coefficient (Wildman–Crippen LogP) is 3.24. The van der Waals surface area contributed by atoms with Gasteiger partial charge >= 0.3 is 0 Å². The van der Waals surface area contributed by atoms with Crippen LogP contribution in [0.2, 0.25) is 0 Å². The Bertz CT molecular complexity index is 726. The van der Waals surface area contributed by atoms with Gasteiger partial charge in [-0.1, -0.05) is 18.2 Å². The van der Waals surface area contributed by atoms with E-state index in [0.29, 0.717) is 0 Å². The maximum atomic E-state index is 12.6. The molecule has 2 aliphatic rings. The van der Waals surface area contributed by atoms with Gasteiger partial charge in [0.25, 0.3) is 5.91 Å². The van der Waals surface area contributed by atoms with Crippen LogP contribution in [-0.2, 0) is 6.42 Å². The SMILES string of the molecule is Cl.O=C(c1ccc(N2CCCc3ccccc32)cc1)N1CCNCC1. The Kier molecular flexibility index (Phi) is 5.61. The van der Waals surface area contributed by atoms with Crippen LogP contribution in [0.3, 0.4) is 0 Å². The molecule has 4 nitrogen and oxygen atoms in total. The number of nitrogens with zero attached hydrogens (tertiary/aromatic N) is 2. The van der Waals surface area contributed by atoms with Crippen molar-refractivity contribution in [3.63, 3.8) is 0 Å². The highest BCUT2D eigenvalue weighted by Gasteiger charge is 2.20. The van der Waals surface area contributed by atoms with Crippen LogP contribution < -0.4 is 10.2 Å². The molecule has 0 spiro atoms. The Morgan fingerprint density at radius 2 is 1.64 bits per heavy atom. The molecule has 1 N–H and O–H groups in total. The van der Waals surface area contributed by atoms with Gasteiger partial charge in [-0.05, 0) is 48.7 Å². The van der Waals surface area contributed by atoms with Crippen molar-refractivity contribution in [1.29, 1.82) is 0 Å². The maximum absolute atomic E-state index is 12.6. The molecule has 1 amide bonds. The molecule has 0 aromatic heterocycles. The van der Waals surface area contributed by atoms with Crippen molar-refractivity contribution in [2.24, 2.45) is 0 Å². The number of hydrogen-bond donors (Lipinski definition) is 1. The first kappa shape index (κ1) is 17.8. The second-order valence-corrected chi connectivity index (χ2v) is 6.47. The zero-order chi connectivity index (χ0) is 16.4. The summed E-state index contributed by atoms with van der Waals surface area (Å²) in [7, 11) is 0. The Balaban J connectivity index is 0.00000182. The highest BCUT2D eigenvalue weighted by atomic mass is 35.5. The fourth-order valence-electron chi connectivity index (χ4n) is 3.64. The fraction of sp³-hybridized carbons (Fsp3) is 0.350. The standard InChI is InChI=1S/C20H23N3O.ClH/c24-20(22-14-11-21-12-15-22)17-7-9-18(10-8-17)23-13-3-5-16-4-1-2-6-19(16)23;/h1-2,4,6-10,21H,3,5,11-15H2;1H. The van der Waals surface area contributed by atoms with Crippen LogP contribution in [0, 0.1) is 0 Å². The van der Waals surface area contributed by atoms with Gasteiger partial charge in [-0.3, -0.25) is 4.79 Å². The number of para-hydroxylation sites is 1. The molecule has 0 bridgehead atoms. The molecule has 1 fully saturated rings. The van der Waals surface area contributed by atoms with Crippen molar-refractivity contribution in [2.75, 3.05) is 37.6 Å². The quantitative estimate of drug-likeness (QED) is 0.896. The van der Waals surface area contributed by atoms with Gasteiger partial charge in [-0.2, -0.15) is 0 Å². The van der Waals surface area contributed by atoms with Gasteiger partial charge in [0, 0.05) is 49.7 Å². The van der Waals surface area contributed by atoms with E-state index in [1.54, 1.807) is 0 Å². The Hall–Kier alpha value is -2.04. The van der Waals surface area contributed by atoms with Crippen LogP contribution in [-0.4, -0.2) is 43.5 Å². The average Bonchev–Trinajstić information content (AvgIpc) is 2.68. The molecule has 132 valence electrons. The molecule has 2 aliphatic heterocycles. The third-order valence-electron chi connectivity index (χ3n) is 4.94. The number of amides is 1. The number of anilines is 2. The highest BCUT2D eigenvalue weighted by molar-refractivity contribution is 5.94. The van der Waals surface area contributed by atoms with Crippen LogP contribution in [0.15, 0.2) is 48.5 Å². The number of benzene rings is 2. The number of carbonyl (C=O) groups excluding carboxylic acids is 1. The van der Waals surface area contributed by atoms with Crippen molar-refractivity contribution in [1.82, 2.24) is 10.2 Å². The summed E-state index contributed by atoms with van der Waals surface area (Å²) in [6.45, 7) is 4.38. The van der Waals surface area contributed by atoms with Gasteiger partial charge in [0.05, 0.1) is 0 Å². The number of rotatable bonds is 2. The van der Waals surface area contributed by atoms with Crippen LogP contribution in [0.4, 0.5) is 11.4 Å². The molecule has 2 aromatic carbocycles. The summed E-state index contributed by atoms with van der Waals surface area (Å²) < 4.78 is 0. The van der Waals surface area contributed by atoms with E-state index in [1.165, 1.54) is 23.4 Å². The van der Waals surface area contributed by atoms with Crippen LogP contribution in [0.5, 0.6) is 0 Å². The lowest BCUT2D eigenvalue weighted by molar-refractivity contribution is 0.0736. The smallest absolute Gasteiger partial charge is 0.253 e. The number of hydrogen-bond acceptors (Lipinski definition) is 3. The van der Waals surface area contributed by atoms with Crippen molar-refractivity contribution in [2.45, 2.75) is 12.8 Å². The first-order valence-electron chi connectivity index (χ1n) is 8.78. The summed E-state index contributed by atoms with van der Waals surface area (Å²) in [5.74, 6) is 0.141. The second kappa shape index (κ2) is 7.89. The molecule has 4 rings (SSSR count). The van der Waals surface area contributed by atoms with E-state index in [1.807, 2.05) is 17.0 Å². The fourth-order valence-corrected chi connectivity index (χ4v) is 3.64. The van der Waals surface area contributed by atoms with Crippen LogP contribution >= 0.6 is 12.4 Å². The van der Waals surface area contributed by atoms with E-state index in [2.05, 4.69) is 46.6 Å². The molecular formula is C20H24ClN3O. The van der Waals surface area contributed by atoms with Crippen molar-refractivity contribution in [3.8, 4) is 0 Å². The van der Waals surface area contributed by atoms with E-state index in [4.69, 9.17) is 0 Å². The lowest BCUT2D eigenvalue weighted by atomic mass is 10.0. The van der Waals surface area contributed by atoms with E-state index in [-0.39, 0.29) is 18.3 Å². The molecule has 2 aromatic rings. The lowest BCUT2D eigenvalue weighted by Gasteiger charge is -2.31. The van der Waals surface area contributed by atoms with Gasteiger partial charge in [-0.25, -0.2) is 0 Å². The molecule has 0 atom stereocenters. The van der Waals surface area contributed by atoms with Crippen molar-refractivity contribution < 1.29 is 4.79 Å². The maximum Gasteiger partial charge on any atom is 0.253 e. The van der Waals surface area contributed by atoms with Crippen LogP contribution in [0.1, 0.15) is 22.3 Å². The number of aryl methyl sites for hydroxylation is 1. The summed E-state index contributed by atoms with van der Waals surface area (Å²) in [6.07, 6.45) is 2.31. The Morgan fingerprint density at radius 3 is 2.40 bits per heavy atom. The first-order valence-corrected chi connectivity index (χ1v) is 8.78. The zero-order valence-corrected chi connectivity index (χ0v) is 15.1. The zero-order valence-electron chi connectivity index (χ0n) is 14.3. The minimum atomic E-state index is 0. The second-order valence-electron chi connectivity index (χ2n) is 6.47. The predicted molar refractivity (Wildman–Crippen MR) is 104 cm³/mol. The topological polar surface area (TPSA) is 35.6 Å². The Morgan fingerprint density at radius 1 is 0.920 bits per heavy atom. The molecule has 0 aliphatic carbocycles. The molecule has 2 heterocycles. The molecule has 0 saturated carbocycles. The van der Waals surface area contributed by atoms with Crippen molar-refractivity contribution >= 4 is 29.7 Å². The summed E-state index contributed by atoms with van der Waals surface area (Å²) in [6, 6.07) is 16.7. The monoisotopic (exact) mass is 357 g/mol. The van der Waals surface area contributed by atoms with Crippen molar-refractivity contribution in [3.05, 3.63) is 59.7 Å². The summed E-state index contributed by atoms with van der Waals surface area (Å²) in [5, 5.41) is 3.28. The summed E-state index contributed by atoms with van der Waals surface area (Å²) >= 11 is 0. The number of piperazine rings is 1. The summed E-state index contributed by atoms with van der Waals surface area (Å²) in [4.78, 5) is 16.9. The van der Waals surface area contributed by atoms with E-state index >= 15 is 0 Å². The van der Waals surface area contributed by atoms with E-state index in [9.17, 15) is 4.79 Å². The van der Waals surface area contributed by atoms with Crippen LogP contribution in [0.25, 0.3) is 0 Å². The normalized spacial score (nSPS) is 16.8. The Labute approximate surface area is 155 Å². The summed E-state index contributed by atoms with van der Waals surface area (Å²) in [5.41, 5.74) is 4.65. The molecular weight excluding hydrogens is 334 g/mol. The largest absolute Gasteiger partial charge is 0.341 e. The van der Waals surface area contributed by atoms with E-state index in [0.717, 1.165) is 44.7 Å². The third kappa shape index (κ3) is 3.65. The third-order valence-corrected chi connectivity index (χ3v) is 4.94. The minimum Gasteiger partial charge on any atom is -0.341 e. The minimum absolute atomic E-state index is 0. The molecule has 0 unspecified atom stereocenters. The molecule has 5 heteroatoms. The average molecular weight is 358 g/mol. The number of nitrogens with one attached hydrogen (secondary N) is 1. The van der Waals surface area contributed by atoms with E-state index < -0.39 is 0 Å². The number of carbonyl (C=O) groups is 1. The molecule has 0 radical (unpaired) electrons.